The van der Waals surface area contributed by atoms with Gasteiger partial charge in [-0.25, -0.2) is 4.79 Å². The fourth-order valence-corrected chi connectivity index (χ4v) is 5.40. The van der Waals surface area contributed by atoms with Gasteiger partial charge in [0.05, 0.1) is 0 Å². The summed E-state index contributed by atoms with van der Waals surface area (Å²) in [6, 6.07) is 16.2. The molecule has 1 fully saturated rings. The van der Waals surface area contributed by atoms with Gasteiger partial charge in [-0.2, -0.15) is 0 Å². The number of rotatable bonds is 9. The Morgan fingerprint density at radius 2 is 1.79 bits per heavy atom. The smallest absolute Gasteiger partial charge is 0.410 e. The number of fused-ring (bicyclic) bond motifs is 3. The molecule has 2 amide bonds. The third-order valence-corrected chi connectivity index (χ3v) is 7.18. The number of carbonyl (C=O) groups excluding carboxylic acids is 2. The van der Waals surface area contributed by atoms with Crippen LogP contribution in [0.5, 0.6) is 5.75 Å². The average molecular weight is 464 g/mol. The number of nitrogens with one attached hydrogen (secondary N) is 1. The van der Waals surface area contributed by atoms with Crippen LogP contribution in [0.1, 0.15) is 65.9 Å². The molecule has 34 heavy (non-hydrogen) atoms. The molecular formula is C28H37N3O3. The van der Waals surface area contributed by atoms with E-state index in [0.29, 0.717) is 12.0 Å². The number of amides is 2. The highest BCUT2D eigenvalue weighted by Crippen LogP contribution is 2.44. The SMILES string of the molecule is CN(C)C(=O)Oc1cccc2c1CC[C@@H]1[C@H]2CCN1CCCCCCNC(=O)c1ccccc1. The molecule has 0 radical (unpaired) electrons. The van der Waals surface area contributed by atoms with Crippen LogP contribution < -0.4 is 10.1 Å². The van der Waals surface area contributed by atoms with Crippen molar-refractivity contribution in [1.29, 1.82) is 0 Å². The minimum Gasteiger partial charge on any atom is -0.410 e. The Morgan fingerprint density at radius 3 is 2.59 bits per heavy atom. The molecule has 182 valence electrons. The Bertz CT molecular complexity index is 976. The normalized spacial score (nSPS) is 19.2. The highest BCUT2D eigenvalue weighted by atomic mass is 16.6. The molecule has 0 unspecified atom stereocenters. The third-order valence-electron chi connectivity index (χ3n) is 7.18. The van der Waals surface area contributed by atoms with E-state index >= 15 is 0 Å². The van der Waals surface area contributed by atoms with Gasteiger partial charge in [0.25, 0.3) is 5.91 Å². The molecule has 2 aromatic carbocycles. The van der Waals surface area contributed by atoms with Crippen LogP contribution in [0.3, 0.4) is 0 Å². The van der Waals surface area contributed by atoms with Gasteiger partial charge in [0.2, 0.25) is 0 Å². The lowest BCUT2D eigenvalue weighted by Gasteiger charge is -2.34. The van der Waals surface area contributed by atoms with Crippen LogP contribution in [-0.4, -0.2) is 61.6 Å². The largest absolute Gasteiger partial charge is 0.414 e. The van der Waals surface area contributed by atoms with Crippen molar-refractivity contribution < 1.29 is 14.3 Å². The van der Waals surface area contributed by atoms with E-state index in [1.165, 1.54) is 35.3 Å². The lowest BCUT2D eigenvalue weighted by molar-refractivity contribution is 0.0952. The summed E-state index contributed by atoms with van der Waals surface area (Å²) in [6.07, 6.45) is 7.49. The molecule has 6 heteroatoms. The number of likely N-dealkylation sites (tertiary alicyclic amines) is 1. The van der Waals surface area contributed by atoms with Gasteiger partial charge >= 0.3 is 6.09 Å². The van der Waals surface area contributed by atoms with Crippen LogP contribution in [0.15, 0.2) is 48.5 Å². The predicted octanol–water partition coefficient (Wildman–Crippen LogP) is 4.84. The maximum absolute atomic E-state index is 12.1. The highest BCUT2D eigenvalue weighted by molar-refractivity contribution is 5.94. The van der Waals surface area contributed by atoms with E-state index in [0.717, 1.165) is 56.6 Å². The molecular weight excluding hydrogens is 426 g/mol. The van der Waals surface area contributed by atoms with Crippen molar-refractivity contribution in [3.63, 3.8) is 0 Å². The molecule has 0 spiro atoms. The standard InChI is InChI=1S/C28H37N3O3/c1-30(2)28(33)34-26-14-10-13-22-23-17-20-31(25(23)16-15-24(22)26)19-9-4-3-8-18-29-27(32)21-11-6-5-7-12-21/h5-7,10-14,23,25H,3-4,8-9,15-20H2,1-2H3,(H,29,32)/t23-,25+/m0/s1. The number of carbonyl (C=O) groups is 2. The summed E-state index contributed by atoms with van der Waals surface area (Å²) in [4.78, 5) is 28.3. The van der Waals surface area contributed by atoms with E-state index < -0.39 is 0 Å². The van der Waals surface area contributed by atoms with Crippen molar-refractivity contribution in [3.05, 3.63) is 65.2 Å². The van der Waals surface area contributed by atoms with Gasteiger partial charge in [-0.15, -0.1) is 0 Å². The first-order valence-electron chi connectivity index (χ1n) is 12.6. The predicted molar refractivity (Wildman–Crippen MR) is 134 cm³/mol. The molecule has 0 bridgehead atoms. The van der Waals surface area contributed by atoms with E-state index in [1.807, 2.05) is 42.5 Å². The molecule has 4 rings (SSSR count). The fraction of sp³-hybridized carbons (Fsp3) is 0.500. The van der Waals surface area contributed by atoms with Crippen LogP contribution in [0, 0.1) is 0 Å². The van der Waals surface area contributed by atoms with Crippen LogP contribution >= 0.6 is 0 Å². The van der Waals surface area contributed by atoms with Gasteiger partial charge < -0.3 is 15.0 Å². The number of unbranched alkanes of at least 4 members (excludes halogenated alkanes) is 3. The first-order valence-corrected chi connectivity index (χ1v) is 12.6. The molecule has 2 aliphatic rings. The minimum atomic E-state index is -0.316. The van der Waals surface area contributed by atoms with Crippen LogP contribution in [0.25, 0.3) is 0 Å². The lowest BCUT2D eigenvalue weighted by atomic mass is 9.79. The van der Waals surface area contributed by atoms with E-state index in [-0.39, 0.29) is 12.0 Å². The summed E-state index contributed by atoms with van der Waals surface area (Å²) in [6.45, 7) is 3.02. The van der Waals surface area contributed by atoms with E-state index in [1.54, 1.807) is 14.1 Å². The zero-order valence-electron chi connectivity index (χ0n) is 20.5. The van der Waals surface area contributed by atoms with Crippen molar-refractivity contribution in [2.24, 2.45) is 0 Å². The van der Waals surface area contributed by atoms with Crippen molar-refractivity contribution in [2.75, 3.05) is 33.7 Å². The molecule has 0 saturated carbocycles. The van der Waals surface area contributed by atoms with Crippen LogP contribution in [-0.2, 0) is 6.42 Å². The Balaban J connectivity index is 1.19. The Hall–Kier alpha value is -2.86. The average Bonchev–Trinajstić information content (AvgIpc) is 3.27. The van der Waals surface area contributed by atoms with E-state index in [9.17, 15) is 9.59 Å². The van der Waals surface area contributed by atoms with Crippen molar-refractivity contribution in [3.8, 4) is 5.75 Å². The third kappa shape index (κ3) is 5.79. The number of hydrogen-bond acceptors (Lipinski definition) is 4. The molecule has 1 aliphatic heterocycles. The van der Waals surface area contributed by atoms with Crippen LogP contribution in [0.4, 0.5) is 4.79 Å². The molecule has 1 saturated heterocycles. The van der Waals surface area contributed by atoms with E-state index in [2.05, 4.69) is 16.3 Å². The van der Waals surface area contributed by atoms with Gasteiger partial charge in [0.15, 0.2) is 0 Å². The molecule has 2 atom stereocenters. The second-order valence-corrected chi connectivity index (χ2v) is 9.66. The Labute approximate surface area is 203 Å². The van der Waals surface area contributed by atoms with Crippen molar-refractivity contribution in [2.45, 2.75) is 56.9 Å². The summed E-state index contributed by atoms with van der Waals surface area (Å²) >= 11 is 0. The van der Waals surface area contributed by atoms with Crippen molar-refractivity contribution >= 4 is 12.0 Å². The van der Waals surface area contributed by atoms with Gasteiger partial charge in [0, 0.05) is 38.2 Å². The van der Waals surface area contributed by atoms with Crippen LogP contribution in [0.2, 0.25) is 0 Å². The Morgan fingerprint density at radius 1 is 1.00 bits per heavy atom. The highest BCUT2D eigenvalue weighted by Gasteiger charge is 2.39. The maximum Gasteiger partial charge on any atom is 0.414 e. The summed E-state index contributed by atoms with van der Waals surface area (Å²) in [5, 5.41) is 3.02. The topological polar surface area (TPSA) is 61.9 Å². The zero-order valence-corrected chi connectivity index (χ0v) is 20.5. The lowest BCUT2D eigenvalue weighted by Crippen LogP contribution is -2.36. The summed E-state index contributed by atoms with van der Waals surface area (Å²) in [5.74, 6) is 1.28. The Kier molecular flexibility index (Phi) is 8.22. The van der Waals surface area contributed by atoms with Gasteiger partial charge in [-0.05, 0) is 74.5 Å². The minimum absolute atomic E-state index is 0.0147. The summed E-state index contributed by atoms with van der Waals surface area (Å²) < 4.78 is 5.65. The number of ether oxygens (including phenoxy) is 1. The van der Waals surface area contributed by atoms with E-state index in [4.69, 9.17) is 4.74 Å². The first-order chi connectivity index (χ1) is 16.5. The maximum atomic E-state index is 12.1. The molecule has 1 heterocycles. The van der Waals surface area contributed by atoms with Gasteiger partial charge in [-0.1, -0.05) is 43.2 Å². The number of hydrogen-bond donors (Lipinski definition) is 1. The zero-order chi connectivity index (χ0) is 23.9. The quantitative estimate of drug-likeness (QED) is 0.541. The molecule has 6 nitrogen and oxygen atoms in total. The summed E-state index contributed by atoms with van der Waals surface area (Å²) in [7, 11) is 3.42. The second-order valence-electron chi connectivity index (χ2n) is 9.66. The van der Waals surface area contributed by atoms with Crippen molar-refractivity contribution in [1.82, 2.24) is 15.1 Å². The molecule has 0 aromatic heterocycles. The number of benzene rings is 2. The molecule has 2 aromatic rings. The molecule has 1 N–H and O–H groups in total. The molecule has 1 aliphatic carbocycles. The summed E-state index contributed by atoms with van der Waals surface area (Å²) in [5.41, 5.74) is 3.32. The first kappa shape index (κ1) is 24.3. The van der Waals surface area contributed by atoms with Gasteiger partial charge in [0.1, 0.15) is 5.75 Å². The van der Waals surface area contributed by atoms with Gasteiger partial charge in [-0.3, -0.25) is 9.69 Å². The number of nitrogens with zero attached hydrogens (tertiary/aromatic N) is 2. The monoisotopic (exact) mass is 463 g/mol. The fourth-order valence-electron chi connectivity index (χ4n) is 5.40. The second kappa shape index (κ2) is 11.5.